The zero-order valence-corrected chi connectivity index (χ0v) is 18.6. The monoisotopic (exact) mass is 458 g/mol. The summed E-state index contributed by atoms with van der Waals surface area (Å²) >= 11 is 0. The second-order valence-corrected chi connectivity index (χ2v) is 7.70. The van der Waals surface area contributed by atoms with Gasteiger partial charge in [-0.3, -0.25) is 18.7 Å². The number of hydrogen-bond donors (Lipinski definition) is 2. The van der Waals surface area contributed by atoms with Gasteiger partial charge >= 0.3 is 5.69 Å². The van der Waals surface area contributed by atoms with E-state index in [0.717, 1.165) is 10.3 Å². The van der Waals surface area contributed by atoms with Crippen LogP contribution in [0.4, 0.5) is 5.82 Å². The number of nitrogens with zero attached hydrogens (tertiary/aromatic N) is 6. The minimum Gasteiger partial charge on any atom is -0.382 e. The third kappa shape index (κ3) is 3.93. The van der Waals surface area contributed by atoms with E-state index in [-0.39, 0.29) is 22.5 Å². The van der Waals surface area contributed by atoms with Gasteiger partial charge in [-0.25, -0.2) is 14.5 Å². The molecule has 0 bridgehead atoms. The van der Waals surface area contributed by atoms with Gasteiger partial charge in [0, 0.05) is 20.6 Å². The first-order valence-electron chi connectivity index (χ1n) is 10.5. The van der Waals surface area contributed by atoms with E-state index in [0.29, 0.717) is 30.6 Å². The summed E-state index contributed by atoms with van der Waals surface area (Å²) in [7, 11) is 2.88. The Labute approximate surface area is 193 Å². The Morgan fingerprint density at radius 3 is 2.56 bits per heavy atom. The molecule has 4 rings (SSSR count). The number of hydrogen-bond acceptors (Lipinski definition) is 7. The number of para-hydroxylation sites is 1. The molecule has 1 amide bonds. The van der Waals surface area contributed by atoms with Crippen LogP contribution in [0.1, 0.15) is 28.2 Å². The van der Waals surface area contributed by atoms with Crippen molar-refractivity contribution in [2.45, 2.75) is 12.8 Å². The molecule has 4 aromatic rings. The van der Waals surface area contributed by atoms with Crippen molar-refractivity contribution < 1.29 is 4.79 Å². The number of carbonyl (C=O) groups is 1. The molecule has 11 heteroatoms. The van der Waals surface area contributed by atoms with Crippen molar-refractivity contribution in [3.05, 3.63) is 80.3 Å². The molecular weight excluding hydrogens is 436 g/mol. The molecule has 0 unspecified atom stereocenters. The van der Waals surface area contributed by atoms with E-state index in [4.69, 9.17) is 5.73 Å². The molecule has 0 saturated heterocycles. The average molecular weight is 458 g/mol. The number of aryl methyl sites for hydroxylation is 2. The third-order valence-electron chi connectivity index (χ3n) is 5.52. The van der Waals surface area contributed by atoms with Crippen molar-refractivity contribution >= 4 is 22.8 Å². The quantitative estimate of drug-likeness (QED) is 0.402. The fraction of sp³-hybridized carbons (Fsp3) is 0.217. The lowest BCUT2D eigenvalue weighted by molar-refractivity contribution is 0.0948. The number of anilines is 1. The Kier molecular flexibility index (Phi) is 5.97. The number of pyridine rings is 1. The van der Waals surface area contributed by atoms with Gasteiger partial charge in [-0.1, -0.05) is 18.2 Å². The normalized spacial score (nSPS) is 10.9. The minimum absolute atomic E-state index is 0.0890. The van der Waals surface area contributed by atoms with E-state index >= 15 is 0 Å². The van der Waals surface area contributed by atoms with Crippen molar-refractivity contribution in [3.8, 4) is 11.8 Å². The van der Waals surface area contributed by atoms with E-state index in [9.17, 15) is 19.6 Å². The zero-order valence-electron chi connectivity index (χ0n) is 18.6. The zero-order chi connectivity index (χ0) is 24.4. The Bertz CT molecular complexity index is 1560. The maximum atomic E-state index is 12.6. The molecule has 1 aromatic carbocycles. The molecular formula is C23H22N8O3. The molecule has 34 heavy (non-hydrogen) atoms. The number of nitriles is 1. The van der Waals surface area contributed by atoms with Crippen LogP contribution < -0.4 is 22.3 Å². The van der Waals surface area contributed by atoms with Gasteiger partial charge < -0.3 is 11.1 Å². The van der Waals surface area contributed by atoms with Crippen LogP contribution in [0, 0.1) is 11.3 Å². The molecule has 172 valence electrons. The fourth-order valence-corrected chi connectivity index (χ4v) is 3.67. The van der Waals surface area contributed by atoms with E-state index < -0.39 is 17.2 Å². The fourth-order valence-electron chi connectivity index (χ4n) is 3.67. The summed E-state index contributed by atoms with van der Waals surface area (Å²) in [5.74, 6) is -0.172. The van der Waals surface area contributed by atoms with Gasteiger partial charge in [-0.05, 0) is 37.1 Å². The molecule has 0 fully saturated rings. The van der Waals surface area contributed by atoms with Gasteiger partial charge in [0.1, 0.15) is 28.8 Å². The predicted octanol–water partition coefficient (Wildman–Crippen LogP) is 0.634. The number of aromatic nitrogens is 5. The highest BCUT2D eigenvalue weighted by Gasteiger charge is 2.17. The summed E-state index contributed by atoms with van der Waals surface area (Å²) in [5.41, 5.74) is 6.96. The summed E-state index contributed by atoms with van der Waals surface area (Å²) in [6.07, 6.45) is 0.946. The van der Waals surface area contributed by atoms with Crippen LogP contribution in [-0.4, -0.2) is 36.4 Å². The van der Waals surface area contributed by atoms with Crippen LogP contribution in [-0.2, 0) is 20.5 Å². The highest BCUT2D eigenvalue weighted by atomic mass is 16.2. The molecule has 0 atom stereocenters. The lowest BCUT2D eigenvalue weighted by Crippen LogP contribution is -2.37. The number of amides is 1. The van der Waals surface area contributed by atoms with Gasteiger partial charge in [0.05, 0.1) is 16.8 Å². The Morgan fingerprint density at radius 2 is 1.85 bits per heavy atom. The molecule has 0 radical (unpaired) electrons. The molecule has 3 N–H and O–H groups in total. The summed E-state index contributed by atoms with van der Waals surface area (Å²) in [6.45, 7) is 0.303. The second kappa shape index (κ2) is 9.03. The third-order valence-corrected chi connectivity index (χ3v) is 5.52. The van der Waals surface area contributed by atoms with E-state index in [1.807, 2.05) is 30.3 Å². The van der Waals surface area contributed by atoms with Crippen molar-refractivity contribution in [3.63, 3.8) is 0 Å². The second-order valence-electron chi connectivity index (χ2n) is 7.70. The van der Waals surface area contributed by atoms with Crippen LogP contribution in [0.15, 0.2) is 52.1 Å². The average Bonchev–Trinajstić information content (AvgIpc) is 3.18. The molecule has 0 aliphatic rings. The minimum atomic E-state index is -0.523. The van der Waals surface area contributed by atoms with Crippen LogP contribution in [0.5, 0.6) is 0 Å². The summed E-state index contributed by atoms with van der Waals surface area (Å²) in [4.78, 5) is 41.2. The number of rotatable bonds is 6. The Morgan fingerprint density at radius 1 is 1.12 bits per heavy atom. The van der Waals surface area contributed by atoms with Crippen molar-refractivity contribution in [2.24, 2.45) is 14.1 Å². The van der Waals surface area contributed by atoms with Gasteiger partial charge in [-0.2, -0.15) is 10.4 Å². The molecule has 3 aromatic heterocycles. The number of benzene rings is 1. The van der Waals surface area contributed by atoms with Crippen molar-refractivity contribution in [1.29, 1.82) is 5.26 Å². The maximum absolute atomic E-state index is 12.6. The van der Waals surface area contributed by atoms with Crippen molar-refractivity contribution in [1.82, 2.24) is 29.2 Å². The Hall–Kier alpha value is -4.72. The lowest BCUT2D eigenvalue weighted by atomic mass is 10.1. The molecule has 0 aliphatic carbocycles. The van der Waals surface area contributed by atoms with E-state index in [1.165, 1.54) is 35.5 Å². The Balaban J connectivity index is 1.45. The van der Waals surface area contributed by atoms with E-state index in [2.05, 4.69) is 21.5 Å². The molecule has 0 aliphatic heterocycles. The van der Waals surface area contributed by atoms with Crippen LogP contribution >= 0.6 is 0 Å². The van der Waals surface area contributed by atoms with Crippen LogP contribution in [0.3, 0.4) is 0 Å². The van der Waals surface area contributed by atoms with Crippen LogP contribution in [0.2, 0.25) is 0 Å². The van der Waals surface area contributed by atoms with Gasteiger partial charge in [0.2, 0.25) is 0 Å². The largest absolute Gasteiger partial charge is 0.382 e. The number of fused-ring (bicyclic) bond motifs is 1. The predicted molar refractivity (Wildman–Crippen MR) is 126 cm³/mol. The first-order valence-corrected chi connectivity index (χ1v) is 10.5. The SMILES string of the molecule is Cn1c(=O)c2ccc(C(=O)NCCCc3nn(-c4ccccc4)c(N)c3C#N)nc2n(C)c1=O. The van der Waals surface area contributed by atoms with Crippen molar-refractivity contribution in [2.75, 3.05) is 12.3 Å². The smallest absolute Gasteiger partial charge is 0.332 e. The lowest BCUT2D eigenvalue weighted by Gasteiger charge is -2.08. The first kappa shape index (κ1) is 22.5. The topological polar surface area (TPSA) is 154 Å². The maximum Gasteiger partial charge on any atom is 0.332 e. The molecule has 3 heterocycles. The number of nitrogen functional groups attached to an aromatic ring is 1. The number of nitrogens with one attached hydrogen (secondary N) is 1. The van der Waals surface area contributed by atoms with Gasteiger partial charge in [0.15, 0.2) is 0 Å². The highest BCUT2D eigenvalue weighted by molar-refractivity contribution is 5.94. The molecule has 0 spiro atoms. The van der Waals surface area contributed by atoms with E-state index in [1.54, 1.807) is 0 Å². The standard InChI is InChI=1S/C23H22N8O3/c1-29-20-15(22(33)30(2)23(29)34)10-11-18(27-20)21(32)26-12-6-9-17-16(13-24)19(25)31(28-17)14-7-4-3-5-8-14/h3-5,7-8,10-11H,6,9,12,25H2,1-2H3,(H,26,32). The summed E-state index contributed by atoms with van der Waals surface area (Å²) < 4.78 is 3.75. The number of carbonyl (C=O) groups excluding carboxylic acids is 1. The van der Waals surface area contributed by atoms with Crippen LogP contribution in [0.25, 0.3) is 16.7 Å². The summed E-state index contributed by atoms with van der Waals surface area (Å²) in [5, 5.41) is 17.0. The molecule has 0 saturated carbocycles. The van der Waals surface area contributed by atoms with Gasteiger partial charge in [-0.15, -0.1) is 0 Å². The molecule has 11 nitrogen and oxygen atoms in total. The first-order chi connectivity index (χ1) is 16.3. The highest BCUT2D eigenvalue weighted by Crippen LogP contribution is 2.21. The number of nitrogens with two attached hydrogens (primary N) is 1. The van der Waals surface area contributed by atoms with Gasteiger partial charge in [0.25, 0.3) is 11.5 Å². The summed E-state index contributed by atoms with van der Waals surface area (Å²) in [6, 6.07) is 14.3.